The zero-order valence-corrected chi connectivity index (χ0v) is 13.3. The van der Waals surface area contributed by atoms with E-state index in [1.165, 1.54) is 23.1 Å². The molecule has 1 aromatic rings. The second-order valence-corrected chi connectivity index (χ2v) is 7.64. The van der Waals surface area contributed by atoms with Gasteiger partial charge in [0.25, 0.3) is 11.6 Å². The molecule has 0 bridgehead atoms. The number of carbonyl (C=O) groups is 1. The Kier molecular flexibility index (Phi) is 4.50. The first-order valence-electron chi connectivity index (χ1n) is 7.01. The Morgan fingerprint density at radius 1 is 1.45 bits per heavy atom. The van der Waals surface area contributed by atoms with Gasteiger partial charge < -0.3 is 4.90 Å². The van der Waals surface area contributed by atoms with E-state index in [0.717, 1.165) is 0 Å². The van der Waals surface area contributed by atoms with Crippen molar-refractivity contribution in [2.24, 2.45) is 0 Å². The normalized spacial score (nSPS) is 19.8. The molecule has 1 unspecified atom stereocenters. The Hall–Kier alpha value is -1.96. The topological polar surface area (TPSA) is 97.6 Å². The molecule has 7 nitrogen and oxygen atoms in total. The summed E-state index contributed by atoms with van der Waals surface area (Å²) in [6.45, 7) is 3.77. The van der Waals surface area contributed by atoms with Gasteiger partial charge in [-0.25, -0.2) is 8.42 Å². The summed E-state index contributed by atoms with van der Waals surface area (Å²) in [5, 5.41) is 10.8. The van der Waals surface area contributed by atoms with Crippen molar-refractivity contribution in [1.82, 2.24) is 4.90 Å². The van der Waals surface area contributed by atoms with Gasteiger partial charge in [-0.3, -0.25) is 14.9 Å². The molecule has 1 fully saturated rings. The highest BCUT2D eigenvalue weighted by Crippen LogP contribution is 2.23. The molecule has 8 heteroatoms. The van der Waals surface area contributed by atoms with Crippen LogP contribution in [0.2, 0.25) is 0 Å². The fraction of sp³-hybridized carbons (Fsp3) is 0.500. The molecule has 0 spiro atoms. The zero-order chi connectivity index (χ0) is 16.5. The molecule has 1 atom stereocenters. The highest BCUT2D eigenvalue weighted by atomic mass is 32.2. The molecule has 0 aromatic heterocycles. The smallest absolute Gasteiger partial charge is 0.272 e. The fourth-order valence-electron chi connectivity index (χ4n) is 2.75. The molecule has 0 aliphatic carbocycles. The molecule has 1 aromatic carbocycles. The largest absolute Gasteiger partial charge is 0.335 e. The van der Waals surface area contributed by atoms with Crippen molar-refractivity contribution in [2.75, 3.05) is 18.1 Å². The maximum atomic E-state index is 12.6. The Morgan fingerprint density at radius 2 is 2.14 bits per heavy atom. The van der Waals surface area contributed by atoms with Gasteiger partial charge in [-0.2, -0.15) is 0 Å². The molecule has 22 heavy (non-hydrogen) atoms. The number of nitro benzene ring substituents is 1. The van der Waals surface area contributed by atoms with Crippen LogP contribution in [0.15, 0.2) is 18.2 Å². The van der Waals surface area contributed by atoms with E-state index in [4.69, 9.17) is 0 Å². The fourth-order valence-corrected chi connectivity index (χ4v) is 4.48. The number of carbonyl (C=O) groups excluding carboxylic acids is 1. The van der Waals surface area contributed by atoms with Gasteiger partial charge in [0.15, 0.2) is 9.84 Å². The van der Waals surface area contributed by atoms with Gasteiger partial charge in [-0.05, 0) is 32.4 Å². The molecule has 0 saturated carbocycles. The van der Waals surface area contributed by atoms with Crippen LogP contribution in [0.5, 0.6) is 0 Å². The summed E-state index contributed by atoms with van der Waals surface area (Å²) in [7, 11) is -3.08. The van der Waals surface area contributed by atoms with Gasteiger partial charge in [-0.1, -0.05) is 0 Å². The first-order chi connectivity index (χ1) is 10.2. The summed E-state index contributed by atoms with van der Waals surface area (Å²) in [6.07, 6.45) is 0.438. The first-order valence-corrected chi connectivity index (χ1v) is 8.83. The van der Waals surface area contributed by atoms with E-state index >= 15 is 0 Å². The van der Waals surface area contributed by atoms with Crippen molar-refractivity contribution >= 4 is 21.4 Å². The number of sulfone groups is 1. The molecular formula is C14H18N2O5S. The quantitative estimate of drug-likeness (QED) is 0.617. The van der Waals surface area contributed by atoms with Crippen molar-refractivity contribution in [2.45, 2.75) is 26.3 Å². The lowest BCUT2D eigenvalue weighted by molar-refractivity contribution is -0.385. The Balaban J connectivity index is 2.26. The highest BCUT2D eigenvalue weighted by Gasteiger charge is 2.34. The molecule has 0 N–H and O–H groups in total. The van der Waals surface area contributed by atoms with Gasteiger partial charge in [0.2, 0.25) is 0 Å². The summed E-state index contributed by atoms with van der Waals surface area (Å²) < 4.78 is 23.2. The van der Waals surface area contributed by atoms with E-state index in [0.29, 0.717) is 24.1 Å². The van der Waals surface area contributed by atoms with Crippen LogP contribution >= 0.6 is 0 Å². The number of rotatable bonds is 4. The summed E-state index contributed by atoms with van der Waals surface area (Å²) >= 11 is 0. The molecule has 1 aliphatic rings. The molecule has 120 valence electrons. The predicted octanol–water partition coefficient (Wildman–Crippen LogP) is 1.55. The average molecular weight is 326 g/mol. The standard InChI is InChI=1S/C14H18N2O5S/c1-3-15(12-6-7-22(20,21)9-12)14(17)11-4-5-13(16(18)19)10(2)8-11/h4-5,8,12H,3,6-7,9H2,1-2H3. The third-order valence-electron chi connectivity index (χ3n) is 3.89. The molecule has 2 rings (SSSR count). The van der Waals surface area contributed by atoms with Crippen LogP contribution in [0, 0.1) is 17.0 Å². The third-order valence-corrected chi connectivity index (χ3v) is 5.64. The monoisotopic (exact) mass is 326 g/mol. The van der Waals surface area contributed by atoms with Crippen molar-refractivity contribution in [1.29, 1.82) is 0 Å². The van der Waals surface area contributed by atoms with E-state index in [1.54, 1.807) is 13.8 Å². The summed E-state index contributed by atoms with van der Waals surface area (Å²) in [4.78, 5) is 24.4. The van der Waals surface area contributed by atoms with Gasteiger partial charge in [0.1, 0.15) is 0 Å². The molecule has 1 heterocycles. The molecule has 1 amide bonds. The number of nitro groups is 1. The van der Waals surface area contributed by atoms with E-state index < -0.39 is 14.8 Å². The molecule has 1 saturated heterocycles. The number of hydrogen-bond acceptors (Lipinski definition) is 5. The number of aryl methyl sites for hydroxylation is 1. The van der Waals surface area contributed by atoms with Crippen molar-refractivity contribution < 1.29 is 18.1 Å². The average Bonchev–Trinajstić information content (AvgIpc) is 2.79. The van der Waals surface area contributed by atoms with E-state index in [1.807, 2.05) is 0 Å². The summed E-state index contributed by atoms with van der Waals surface area (Å²) in [5.41, 5.74) is 0.711. The van der Waals surface area contributed by atoms with Gasteiger partial charge in [-0.15, -0.1) is 0 Å². The lowest BCUT2D eigenvalue weighted by Crippen LogP contribution is -2.41. The Bertz CT molecular complexity index is 714. The van der Waals surface area contributed by atoms with Crippen molar-refractivity contribution in [3.8, 4) is 0 Å². The molecule has 0 radical (unpaired) electrons. The van der Waals surface area contributed by atoms with E-state index in [2.05, 4.69) is 0 Å². The van der Waals surface area contributed by atoms with Crippen LogP contribution in [-0.2, 0) is 9.84 Å². The number of amides is 1. The summed E-state index contributed by atoms with van der Waals surface area (Å²) in [6, 6.07) is 3.88. The van der Waals surface area contributed by atoms with Crippen LogP contribution in [0.25, 0.3) is 0 Å². The van der Waals surface area contributed by atoms with E-state index in [9.17, 15) is 23.3 Å². The predicted molar refractivity (Wildman–Crippen MR) is 81.6 cm³/mol. The number of benzene rings is 1. The van der Waals surface area contributed by atoms with Crippen LogP contribution in [0.4, 0.5) is 5.69 Å². The van der Waals surface area contributed by atoms with Crippen molar-refractivity contribution in [3.05, 3.63) is 39.4 Å². The Morgan fingerprint density at radius 3 is 2.59 bits per heavy atom. The van der Waals surface area contributed by atoms with Gasteiger partial charge in [0, 0.05) is 29.8 Å². The SMILES string of the molecule is CCN(C(=O)c1ccc([N+](=O)[O-])c(C)c1)C1CCS(=O)(=O)C1. The minimum absolute atomic E-state index is 0.0153. The van der Waals surface area contributed by atoms with E-state index in [-0.39, 0.29) is 29.1 Å². The van der Waals surface area contributed by atoms with Crippen LogP contribution in [-0.4, -0.2) is 48.2 Å². The van der Waals surface area contributed by atoms with Gasteiger partial charge in [0.05, 0.1) is 16.4 Å². The minimum atomic E-state index is -3.08. The molecule has 1 aliphatic heterocycles. The third kappa shape index (κ3) is 3.27. The van der Waals surface area contributed by atoms with Crippen molar-refractivity contribution in [3.63, 3.8) is 0 Å². The molecular weight excluding hydrogens is 308 g/mol. The number of hydrogen-bond donors (Lipinski definition) is 0. The van der Waals surface area contributed by atoms with Crippen LogP contribution < -0.4 is 0 Å². The zero-order valence-electron chi connectivity index (χ0n) is 12.5. The second kappa shape index (κ2) is 6.04. The lowest BCUT2D eigenvalue weighted by atomic mass is 10.1. The van der Waals surface area contributed by atoms with Crippen LogP contribution in [0.3, 0.4) is 0 Å². The Labute approximate surface area is 129 Å². The maximum absolute atomic E-state index is 12.6. The lowest BCUT2D eigenvalue weighted by Gasteiger charge is -2.27. The first kappa shape index (κ1) is 16.4. The van der Waals surface area contributed by atoms with Crippen LogP contribution in [0.1, 0.15) is 29.3 Å². The van der Waals surface area contributed by atoms with Gasteiger partial charge >= 0.3 is 0 Å². The second-order valence-electron chi connectivity index (χ2n) is 5.41. The minimum Gasteiger partial charge on any atom is -0.335 e. The highest BCUT2D eigenvalue weighted by molar-refractivity contribution is 7.91. The summed E-state index contributed by atoms with van der Waals surface area (Å²) in [5.74, 6) is -0.207. The number of nitrogens with zero attached hydrogens (tertiary/aromatic N) is 2. The maximum Gasteiger partial charge on any atom is 0.272 e.